The van der Waals surface area contributed by atoms with E-state index >= 15 is 0 Å². The lowest BCUT2D eigenvalue weighted by atomic mass is 10.0. The SMILES string of the molecule is COCCCN=C1SCC(c2ccc3c(Br)c(OC)ccc3c2)=NN1C. The molecule has 7 heteroatoms. The molecule has 3 rings (SSSR count). The molecule has 1 aliphatic heterocycles. The third-order valence-corrected chi connectivity index (χ3v) is 6.00. The Morgan fingerprint density at radius 1 is 1.27 bits per heavy atom. The van der Waals surface area contributed by atoms with Gasteiger partial charge in [0.2, 0.25) is 0 Å². The summed E-state index contributed by atoms with van der Waals surface area (Å²) in [6.07, 6.45) is 0.925. The zero-order valence-corrected chi connectivity index (χ0v) is 17.6. The molecule has 0 amide bonds. The third kappa shape index (κ3) is 4.22. The monoisotopic (exact) mass is 435 g/mol. The van der Waals surface area contributed by atoms with Crippen LogP contribution < -0.4 is 4.74 Å². The maximum atomic E-state index is 5.37. The highest BCUT2D eigenvalue weighted by atomic mass is 79.9. The van der Waals surface area contributed by atoms with Crippen LogP contribution >= 0.6 is 27.7 Å². The number of amidine groups is 1. The Kier molecular flexibility index (Phi) is 6.56. The molecular weight excluding hydrogens is 414 g/mol. The summed E-state index contributed by atoms with van der Waals surface area (Å²) in [5.41, 5.74) is 2.19. The predicted octanol–water partition coefficient (Wildman–Crippen LogP) is 4.39. The van der Waals surface area contributed by atoms with Gasteiger partial charge in [0.15, 0.2) is 5.17 Å². The van der Waals surface area contributed by atoms with Crippen molar-refractivity contribution in [1.82, 2.24) is 5.01 Å². The highest BCUT2D eigenvalue weighted by Gasteiger charge is 2.18. The second-order valence-corrected chi connectivity index (χ2v) is 7.62. The number of aliphatic imine (C=N–C) groups is 1. The quantitative estimate of drug-likeness (QED) is 0.631. The molecule has 0 unspecified atom stereocenters. The highest BCUT2D eigenvalue weighted by Crippen LogP contribution is 2.33. The number of ether oxygens (including phenoxy) is 2. The summed E-state index contributed by atoms with van der Waals surface area (Å²) in [4.78, 5) is 4.61. The number of benzene rings is 2. The fourth-order valence-electron chi connectivity index (χ4n) is 2.76. The summed E-state index contributed by atoms with van der Waals surface area (Å²) < 4.78 is 11.4. The second-order valence-electron chi connectivity index (χ2n) is 5.89. The highest BCUT2D eigenvalue weighted by molar-refractivity contribution is 9.10. The van der Waals surface area contributed by atoms with Gasteiger partial charge < -0.3 is 9.47 Å². The van der Waals surface area contributed by atoms with Crippen molar-refractivity contribution in [2.75, 3.05) is 40.2 Å². The summed E-state index contributed by atoms with van der Waals surface area (Å²) in [7, 11) is 5.34. The van der Waals surface area contributed by atoms with Crippen molar-refractivity contribution in [3.63, 3.8) is 0 Å². The van der Waals surface area contributed by atoms with Gasteiger partial charge in [-0.2, -0.15) is 5.10 Å². The standard InChI is InChI=1S/C19H22BrN3O2S/c1-23-19(21-9-4-10-24-2)26-12-16(22-23)14-5-7-15-13(11-14)6-8-17(25-3)18(15)20/h5-8,11H,4,9-10,12H2,1-3H3. The number of methoxy groups -OCH3 is 2. The van der Waals surface area contributed by atoms with E-state index in [0.717, 1.165) is 62.8 Å². The zero-order chi connectivity index (χ0) is 18.5. The molecule has 0 bridgehead atoms. The Bertz CT molecular complexity index is 854. The Labute approximate surface area is 166 Å². The molecule has 1 heterocycles. The van der Waals surface area contributed by atoms with Gasteiger partial charge >= 0.3 is 0 Å². The predicted molar refractivity (Wildman–Crippen MR) is 114 cm³/mol. The molecule has 0 radical (unpaired) electrons. The molecule has 0 saturated carbocycles. The fraction of sp³-hybridized carbons (Fsp3) is 0.368. The van der Waals surface area contributed by atoms with Crippen LogP contribution in [0.15, 0.2) is 44.9 Å². The van der Waals surface area contributed by atoms with Crippen molar-refractivity contribution < 1.29 is 9.47 Å². The first kappa shape index (κ1) is 19.2. The summed E-state index contributed by atoms with van der Waals surface area (Å²) in [6, 6.07) is 10.4. The van der Waals surface area contributed by atoms with Crippen LogP contribution in [0.4, 0.5) is 0 Å². The number of halogens is 1. The normalized spacial score (nSPS) is 16.2. The minimum absolute atomic E-state index is 0.733. The summed E-state index contributed by atoms with van der Waals surface area (Å²) in [5, 5.41) is 9.84. The van der Waals surface area contributed by atoms with Crippen molar-refractivity contribution in [3.05, 3.63) is 40.4 Å². The van der Waals surface area contributed by atoms with Gasteiger partial charge in [-0.3, -0.25) is 4.99 Å². The first-order valence-electron chi connectivity index (χ1n) is 8.38. The molecule has 0 atom stereocenters. The van der Waals surface area contributed by atoms with Crippen LogP contribution in [0.3, 0.4) is 0 Å². The van der Waals surface area contributed by atoms with E-state index < -0.39 is 0 Å². The molecule has 0 N–H and O–H groups in total. The first-order chi connectivity index (χ1) is 12.6. The van der Waals surface area contributed by atoms with E-state index in [4.69, 9.17) is 14.6 Å². The van der Waals surface area contributed by atoms with Gasteiger partial charge in [-0.25, -0.2) is 5.01 Å². The van der Waals surface area contributed by atoms with E-state index in [0.29, 0.717) is 0 Å². The molecule has 138 valence electrons. The van der Waals surface area contributed by atoms with E-state index in [9.17, 15) is 0 Å². The molecule has 0 fully saturated rings. The number of hydrazone groups is 1. The van der Waals surface area contributed by atoms with Crippen LogP contribution in [0.1, 0.15) is 12.0 Å². The molecule has 0 aliphatic carbocycles. The number of thioether (sulfide) groups is 1. The molecule has 2 aromatic rings. The second kappa shape index (κ2) is 8.88. The summed E-state index contributed by atoms with van der Waals surface area (Å²) in [5.74, 6) is 1.65. The lowest BCUT2D eigenvalue weighted by Crippen LogP contribution is -2.28. The molecule has 2 aromatic carbocycles. The fourth-order valence-corrected chi connectivity index (χ4v) is 4.32. The number of fused-ring (bicyclic) bond motifs is 1. The van der Waals surface area contributed by atoms with Crippen LogP contribution in [-0.2, 0) is 4.74 Å². The van der Waals surface area contributed by atoms with Crippen molar-refractivity contribution in [3.8, 4) is 5.75 Å². The Morgan fingerprint density at radius 2 is 2.12 bits per heavy atom. The number of hydrogen-bond acceptors (Lipinski definition) is 5. The van der Waals surface area contributed by atoms with E-state index in [1.807, 2.05) is 18.1 Å². The largest absolute Gasteiger partial charge is 0.496 e. The van der Waals surface area contributed by atoms with Crippen molar-refractivity contribution >= 4 is 49.3 Å². The molecule has 5 nitrogen and oxygen atoms in total. The number of hydrogen-bond donors (Lipinski definition) is 0. The van der Waals surface area contributed by atoms with Gasteiger partial charge in [0.1, 0.15) is 5.75 Å². The third-order valence-electron chi connectivity index (χ3n) is 4.11. The lowest BCUT2D eigenvalue weighted by molar-refractivity contribution is 0.197. The van der Waals surface area contributed by atoms with Crippen molar-refractivity contribution in [2.24, 2.45) is 10.1 Å². The van der Waals surface area contributed by atoms with Gasteiger partial charge in [-0.05, 0) is 50.8 Å². The van der Waals surface area contributed by atoms with E-state index in [2.05, 4.69) is 45.2 Å². The number of nitrogens with zero attached hydrogens (tertiary/aromatic N) is 3. The van der Waals surface area contributed by atoms with Gasteiger partial charge in [0, 0.05) is 33.1 Å². The Balaban J connectivity index is 1.81. The van der Waals surface area contributed by atoms with Crippen LogP contribution in [0.2, 0.25) is 0 Å². The first-order valence-corrected chi connectivity index (χ1v) is 10.2. The van der Waals surface area contributed by atoms with E-state index in [1.165, 1.54) is 0 Å². The maximum Gasteiger partial charge on any atom is 0.179 e. The maximum absolute atomic E-state index is 5.37. The minimum Gasteiger partial charge on any atom is -0.496 e. The Morgan fingerprint density at radius 3 is 2.85 bits per heavy atom. The molecule has 0 spiro atoms. The van der Waals surface area contributed by atoms with Crippen LogP contribution in [-0.4, -0.2) is 56.1 Å². The number of rotatable bonds is 6. The molecule has 1 aliphatic rings. The van der Waals surface area contributed by atoms with Crippen molar-refractivity contribution in [1.29, 1.82) is 0 Å². The molecule has 0 aromatic heterocycles. The van der Waals surface area contributed by atoms with Crippen molar-refractivity contribution in [2.45, 2.75) is 6.42 Å². The minimum atomic E-state index is 0.733. The van der Waals surface area contributed by atoms with Gasteiger partial charge in [-0.1, -0.05) is 30.0 Å². The summed E-state index contributed by atoms with van der Waals surface area (Å²) in [6.45, 7) is 1.49. The van der Waals surface area contributed by atoms with Crippen LogP contribution in [0.5, 0.6) is 5.75 Å². The van der Waals surface area contributed by atoms with Gasteiger partial charge in [0.25, 0.3) is 0 Å². The molecule has 0 saturated heterocycles. The van der Waals surface area contributed by atoms with Crippen LogP contribution in [0.25, 0.3) is 10.8 Å². The Hall–Kier alpha value is -1.57. The van der Waals surface area contributed by atoms with Crippen LogP contribution in [0, 0.1) is 0 Å². The average Bonchev–Trinajstić information content (AvgIpc) is 2.66. The van der Waals surface area contributed by atoms with Gasteiger partial charge in [-0.15, -0.1) is 0 Å². The zero-order valence-electron chi connectivity index (χ0n) is 15.2. The lowest BCUT2D eigenvalue weighted by Gasteiger charge is -2.23. The van der Waals surface area contributed by atoms with Gasteiger partial charge in [0.05, 0.1) is 17.3 Å². The van der Waals surface area contributed by atoms with E-state index in [-0.39, 0.29) is 0 Å². The molecule has 26 heavy (non-hydrogen) atoms. The topological polar surface area (TPSA) is 46.4 Å². The van der Waals surface area contributed by atoms with E-state index in [1.54, 1.807) is 26.0 Å². The smallest absolute Gasteiger partial charge is 0.179 e. The average molecular weight is 436 g/mol. The summed E-state index contributed by atoms with van der Waals surface area (Å²) >= 11 is 5.34. The molecular formula is C19H22BrN3O2S.